The SMILES string of the molecule is CC(/C=C/c1ccc(Cl)cc1)=N\OC(C)C(=O)Nc1ccccc1. The maximum atomic E-state index is 12.0. The molecule has 4 nitrogen and oxygen atoms in total. The summed E-state index contributed by atoms with van der Waals surface area (Å²) in [6, 6.07) is 16.7. The lowest BCUT2D eigenvalue weighted by atomic mass is 10.2. The average molecular weight is 343 g/mol. The van der Waals surface area contributed by atoms with Gasteiger partial charge in [-0.1, -0.05) is 53.2 Å². The van der Waals surface area contributed by atoms with E-state index >= 15 is 0 Å². The Bertz CT molecular complexity index is 725. The molecular weight excluding hydrogens is 324 g/mol. The minimum atomic E-state index is -0.691. The van der Waals surface area contributed by atoms with E-state index in [0.29, 0.717) is 10.7 Å². The molecule has 2 aromatic carbocycles. The lowest BCUT2D eigenvalue weighted by Gasteiger charge is -2.10. The fraction of sp³-hybridized carbons (Fsp3) is 0.158. The Morgan fingerprint density at radius 1 is 1.17 bits per heavy atom. The van der Waals surface area contributed by atoms with Gasteiger partial charge in [0.05, 0.1) is 5.71 Å². The molecule has 5 heteroatoms. The first kappa shape index (κ1) is 17.8. The summed E-state index contributed by atoms with van der Waals surface area (Å²) >= 11 is 5.84. The molecular formula is C19H19ClN2O2. The van der Waals surface area contributed by atoms with Gasteiger partial charge in [0.2, 0.25) is 6.10 Å². The molecule has 0 saturated carbocycles. The maximum Gasteiger partial charge on any atom is 0.267 e. The standard InChI is InChI=1S/C19H19ClN2O2/c1-14(8-9-16-10-12-17(20)13-11-16)22-24-15(2)19(23)21-18-6-4-3-5-7-18/h3-13,15H,1-2H3,(H,21,23)/b9-8+,22-14+. The van der Waals surface area contributed by atoms with Gasteiger partial charge >= 0.3 is 0 Å². The van der Waals surface area contributed by atoms with Crippen molar-refractivity contribution in [3.63, 3.8) is 0 Å². The minimum Gasteiger partial charge on any atom is -0.382 e. The highest BCUT2D eigenvalue weighted by Gasteiger charge is 2.14. The van der Waals surface area contributed by atoms with Crippen LogP contribution in [-0.4, -0.2) is 17.7 Å². The zero-order chi connectivity index (χ0) is 17.4. The van der Waals surface area contributed by atoms with Gasteiger partial charge in [0.25, 0.3) is 5.91 Å². The number of carbonyl (C=O) groups is 1. The third-order valence-corrected chi connectivity index (χ3v) is 3.40. The summed E-state index contributed by atoms with van der Waals surface area (Å²) < 4.78 is 0. The van der Waals surface area contributed by atoms with Crippen LogP contribution < -0.4 is 5.32 Å². The molecule has 0 radical (unpaired) electrons. The monoisotopic (exact) mass is 342 g/mol. The fourth-order valence-electron chi connectivity index (χ4n) is 1.80. The van der Waals surface area contributed by atoms with Crippen molar-refractivity contribution in [1.82, 2.24) is 0 Å². The third-order valence-electron chi connectivity index (χ3n) is 3.15. The number of para-hydroxylation sites is 1. The highest BCUT2D eigenvalue weighted by Crippen LogP contribution is 2.11. The number of halogens is 1. The molecule has 0 heterocycles. The second-order valence-electron chi connectivity index (χ2n) is 5.22. The number of carbonyl (C=O) groups excluding carboxylic acids is 1. The molecule has 0 bridgehead atoms. The molecule has 2 aromatic rings. The second-order valence-corrected chi connectivity index (χ2v) is 5.66. The Balaban J connectivity index is 1.86. The summed E-state index contributed by atoms with van der Waals surface area (Å²) in [5, 5.41) is 7.42. The van der Waals surface area contributed by atoms with Crippen LogP contribution in [0.5, 0.6) is 0 Å². The molecule has 0 aliphatic heterocycles. The minimum absolute atomic E-state index is 0.251. The summed E-state index contributed by atoms with van der Waals surface area (Å²) in [5.41, 5.74) is 2.38. The highest BCUT2D eigenvalue weighted by molar-refractivity contribution is 6.30. The van der Waals surface area contributed by atoms with Crippen LogP contribution >= 0.6 is 11.6 Å². The van der Waals surface area contributed by atoms with Gasteiger partial charge in [-0.15, -0.1) is 0 Å². The normalized spacial score (nSPS) is 12.9. The van der Waals surface area contributed by atoms with Crippen molar-refractivity contribution in [1.29, 1.82) is 0 Å². The molecule has 124 valence electrons. The third kappa shape index (κ3) is 5.89. The average Bonchev–Trinajstić information content (AvgIpc) is 2.60. The number of oxime groups is 1. The van der Waals surface area contributed by atoms with Crippen molar-refractivity contribution < 1.29 is 9.63 Å². The van der Waals surface area contributed by atoms with Crippen LogP contribution in [0.4, 0.5) is 5.69 Å². The van der Waals surface area contributed by atoms with Crippen molar-refractivity contribution in [3.05, 3.63) is 71.3 Å². The second kappa shape index (κ2) is 8.89. The molecule has 1 N–H and O–H groups in total. The highest BCUT2D eigenvalue weighted by atomic mass is 35.5. The molecule has 2 rings (SSSR count). The number of benzene rings is 2. The van der Waals surface area contributed by atoms with E-state index in [0.717, 1.165) is 11.3 Å². The topological polar surface area (TPSA) is 50.7 Å². The Morgan fingerprint density at radius 3 is 2.50 bits per heavy atom. The quantitative estimate of drug-likeness (QED) is 0.607. The van der Waals surface area contributed by atoms with E-state index in [1.54, 1.807) is 13.8 Å². The van der Waals surface area contributed by atoms with E-state index in [1.165, 1.54) is 0 Å². The number of amides is 1. The predicted molar refractivity (Wildman–Crippen MR) is 99.2 cm³/mol. The van der Waals surface area contributed by atoms with Gasteiger partial charge in [-0.25, -0.2) is 0 Å². The van der Waals surface area contributed by atoms with Crippen LogP contribution in [0, 0.1) is 0 Å². The zero-order valence-electron chi connectivity index (χ0n) is 13.6. The summed E-state index contributed by atoms with van der Waals surface area (Å²) in [4.78, 5) is 17.2. The van der Waals surface area contributed by atoms with Crippen molar-refractivity contribution in [2.45, 2.75) is 20.0 Å². The van der Waals surface area contributed by atoms with Crippen molar-refractivity contribution >= 4 is 35.0 Å². The Morgan fingerprint density at radius 2 is 1.83 bits per heavy atom. The zero-order valence-corrected chi connectivity index (χ0v) is 14.3. The van der Waals surface area contributed by atoms with Crippen molar-refractivity contribution in [2.75, 3.05) is 5.32 Å². The lowest BCUT2D eigenvalue weighted by molar-refractivity contribution is -0.126. The van der Waals surface area contributed by atoms with Gasteiger partial charge in [-0.2, -0.15) is 0 Å². The van der Waals surface area contributed by atoms with Gasteiger partial charge < -0.3 is 10.2 Å². The van der Waals surface area contributed by atoms with Crippen LogP contribution in [0.1, 0.15) is 19.4 Å². The molecule has 0 fully saturated rings. The van der Waals surface area contributed by atoms with Gasteiger partial charge in [0.15, 0.2) is 0 Å². The first-order valence-corrected chi connectivity index (χ1v) is 7.92. The van der Waals surface area contributed by atoms with Gasteiger partial charge in [-0.05, 0) is 49.8 Å². The Hall–Kier alpha value is -2.59. The molecule has 0 spiro atoms. The van der Waals surface area contributed by atoms with Crippen molar-refractivity contribution in [3.8, 4) is 0 Å². The summed E-state index contributed by atoms with van der Waals surface area (Å²) in [7, 11) is 0. The molecule has 1 unspecified atom stereocenters. The van der Waals surface area contributed by atoms with Crippen LogP contribution in [-0.2, 0) is 9.63 Å². The molecule has 0 aliphatic rings. The number of hydrogen-bond donors (Lipinski definition) is 1. The van der Waals surface area contributed by atoms with Gasteiger partial charge in [0, 0.05) is 10.7 Å². The van der Waals surface area contributed by atoms with Gasteiger partial charge in [0.1, 0.15) is 0 Å². The Labute approximate surface area is 146 Å². The van der Waals surface area contributed by atoms with Crippen LogP contribution in [0.3, 0.4) is 0 Å². The van der Waals surface area contributed by atoms with E-state index in [4.69, 9.17) is 16.4 Å². The summed E-state index contributed by atoms with van der Waals surface area (Å²) in [6.07, 6.45) is 3.02. The van der Waals surface area contributed by atoms with E-state index in [-0.39, 0.29) is 5.91 Å². The van der Waals surface area contributed by atoms with Gasteiger partial charge in [-0.3, -0.25) is 4.79 Å². The van der Waals surface area contributed by atoms with Crippen molar-refractivity contribution in [2.24, 2.45) is 5.16 Å². The Kier molecular flexibility index (Phi) is 6.58. The molecule has 0 aliphatic carbocycles. The number of hydrogen-bond acceptors (Lipinski definition) is 3. The van der Waals surface area contributed by atoms with E-state index in [1.807, 2.05) is 66.7 Å². The largest absolute Gasteiger partial charge is 0.382 e. The smallest absolute Gasteiger partial charge is 0.267 e. The van der Waals surface area contributed by atoms with Crippen LogP contribution in [0.15, 0.2) is 65.8 Å². The maximum absolute atomic E-state index is 12.0. The molecule has 24 heavy (non-hydrogen) atoms. The molecule has 1 atom stereocenters. The van der Waals surface area contributed by atoms with E-state index in [2.05, 4.69) is 10.5 Å². The predicted octanol–water partition coefficient (Wildman–Crippen LogP) is 4.77. The summed E-state index contributed by atoms with van der Waals surface area (Å²) in [6.45, 7) is 3.45. The van der Waals surface area contributed by atoms with E-state index in [9.17, 15) is 4.79 Å². The summed E-state index contributed by atoms with van der Waals surface area (Å²) in [5.74, 6) is -0.251. The van der Waals surface area contributed by atoms with Crippen LogP contribution in [0.2, 0.25) is 5.02 Å². The lowest BCUT2D eigenvalue weighted by Crippen LogP contribution is -2.26. The number of anilines is 1. The molecule has 0 saturated heterocycles. The fourth-order valence-corrected chi connectivity index (χ4v) is 1.92. The molecule has 1 amide bonds. The molecule has 0 aromatic heterocycles. The number of allylic oxidation sites excluding steroid dienone is 1. The number of nitrogens with one attached hydrogen (secondary N) is 1. The van der Waals surface area contributed by atoms with E-state index < -0.39 is 6.10 Å². The first-order chi connectivity index (χ1) is 11.5. The first-order valence-electron chi connectivity index (χ1n) is 7.54. The van der Waals surface area contributed by atoms with Crippen LogP contribution in [0.25, 0.3) is 6.08 Å². The number of nitrogens with zero attached hydrogens (tertiary/aromatic N) is 1. The number of rotatable bonds is 6.